The molecule has 0 amide bonds. The number of fused-ring (bicyclic) bond motifs is 1. The molecule has 134 valence electrons. The highest BCUT2D eigenvalue weighted by Crippen LogP contribution is 2.28. The molecule has 3 heterocycles. The fraction of sp³-hybridized carbons (Fsp3) is 0.0952. The van der Waals surface area contributed by atoms with Crippen LogP contribution in [0.4, 0.5) is 0 Å². The Morgan fingerprint density at radius 1 is 1.26 bits per heavy atom. The molecular formula is C21H18N4OS. The van der Waals surface area contributed by atoms with E-state index in [9.17, 15) is 0 Å². The van der Waals surface area contributed by atoms with Gasteiger partial charge in [0.15, 0.2) is 5.76 Å². The third-order valence-corrected chi connectivity index (χ3v) is 4.69. The minimum atomic E-state index is 0.555. The number of aromatic nitrogens is 2. The molecule has 0 radical (unpaired) electrons. The summed E-state index contributed by atoms with van der Waals surface area (Å²) in [7, 11) is 0. The van der Waals surface area contributed by atoms with E-state index in [-0.39, 0.29) is 0 Å². The Morgan fingerprint density at radius 2 is 2.11 bits per heavy atom. The van der Waals surface area contributed by atoms with Crippen molar-refractivity contribution in [2.75, 3.05) is 6.54 Å². The maximum Gasteiger partial charge on any atom is 0.206 e. The summed E-state index contributed by atoms with van der Waals surface area (Å²) in [6, 6.07) is 15.7. The average Bonchev–Trinajstić information content (AvgIpc) is 3.29. The normalized spacial score (nSPS) is 12.3. The molecule has 0 saturated heterocycles. The summed E-state index contributed by atoms with van der Waals surface area (Å²) in [5.74, 6) is 0.752. The van der Waals surface area contributed by atoms with Gasteiger partial charge in [0.25, 0.3) is 0 Å². The second-order valence-corrected chi connectivity index (χ2v) is 6.97. The smallest absolute Gasteiger partial charge is 0.206 e. The summed E-state index contributed by atoms with van der Waals surface area (Å²) in [6.45, 7) is 6.43. The maximum atomic E-state index is 6.02. The summed E-state index contributed by atoms with van der Waals surface area (Å²) in [4.78, 5) is 9.69. The molecule has 0 spiro atoms. The van der Waals surface area contributed by atoms with Gasteiger partial charge in [0.05, 0.1) is 18.5 Å². The lowest BCUT2D eigenvalue weighted by molar-refractivity contribution is 0.621. The van der Waals surface area contributed by atoms with Gasteiger partial charge >= 0.3 is 0 Å². The lowest BCUT2D eigenvalue weighted by Crippen LogP contribution is -2.13. The van der Waals surface area contributed by atoms with Gasteiger partial charge < -0.3 is 4.42 Å². The van der Waals surface area contributed by atoms with E-state index >= 15 is 0 Å². The molecule has 4 aromatic rings. The summed E-state index contributed by atoms with van der Waals surface area (Å²) in [5.41, 5.74) is 3.47. The van der Waals surface area contributed by atoms with Gasteiger partial charge in [-0.25, -0.2) is 4.68 Å². The summed E-state index contributed by atoms with van der Waals surface area (Å²) in [6.07, 6.45) is 3.46. The lowest BCUT2D eigenvalue weighted by Gasteiger charge is -2.00. The van der Waals surface area contributed by atoms with Gasteiger partial charge in [-0.3, -0.25) is 9.98 Å². The van der Waals surface area contributed by atoms with E-state index in [0.717, 1.165) is 38.5 Å². The van der Waals surface area contributed by atoms with Gasteiger partial charge in [0.2, 0.25) is 4.80 Å². The Hall–Kier alpha value is -3.25. The molecule has 0 atom stereocenters. The molecule has 0 N–H and O–H groups in total. The molecule has 0 bridgehead atoms. The number of para-hydroxylation sites is 1. The summed E-state index contributed by atoms with van der Waals surface area (Å²) in [5, 5.41) is 7.68. The molecule has 0 unspecified atom stereocenters. The molecular weight excluding hydrogens is 356 g/mol. The SMILES string of the molecule is C=C(C)CN=c1scc(-c2cc3ccccc3o2)n1N=Cc1ccccn1. The van der Waals surface area contributed by atoms with Crippen molar-refractivity contribution in [1.29, 1.82) is 0 Å². The van der Waals surface area contributed by atoms with Crippen molar-refractivity contribution in [2.24, 2.45) is 10.1 Å². The Labute approximate surface area is 160 Å². The lowest BCUT2D eigenvalue weighted by atomic mass is 10.2. The second-order valence-electron chi connectivity index (χ2n) is 6.14. The van der Waals surface area contributed by atoms with Crippen molar-refractivity contribution >= 4 is 28.5 Å². The molecule has 3 aromatic heterocycles. The summed E-state index contributed by atoms with van der Waals surface area (Å²) < 4.78 is 7.81. The molecule has 5 nitrogen and oxygen atoms in total. The Kier molecular flexibility index (Phi) is 4.80. The molecule has 1 aromatic carbocycles. The third kappa shape index (κ3) is 3.80. The Morgan fingerprint density at radius 3 is 2.89 bits per heavy atom. The van der Waals surface area contributed by atoms with Crippen molar-refractivity contribution in [2.45, 2.75) is 6.92 Å². The fourth-order valence-electron chi connectivity index (χ4n) is 2.57. The van der Waals surface area contributed by atoms with Gasteiger partial charge in [-0.1, -0.05) is 36.4 Å². The number of hydrogen-bond donors (Lipinski definition) is 0. The molecule has 0 saturated carbocycles. The predicted molar refractivity (Wildman–Crippen MR) is 110 cm³/mol. The highest BCUT2D eigenvalue weighted by Gasteiger charge is 2.12. The van der Waals surface area contributed by atoms with Gasteiger partial charge in [0.1, 0.15) is 11.3 Å². The van der Waals surface area contributed by atoms with E-state index in [1.54, 1.807) is 17.1 Å². The standard InChI is InChI=1S/C21H18N4OS/c1-15(2)12-23-21-25(24-13-17-8-5-6-10-22-17)18(14-27-21)20-11-16-7-3-4-9-19(16)26-20/h3-11,13-14H,1,12H2,2H3. The molecule has 0 aliphatic heterocycles. The van der Waals surface area contributed by atoms with Gasteiger partial charge in [0, 0.05) is 17.0 Å². The van der Waals surface area contributed by atoms with Gasteiger partial charge in [-0.15, -0.1) is 11.3 Å². The highest BCUT2D eigenvalue weighted by atomic mass is 32.1. The van der Waals surface area contributed by atoms with Crippen LogP contribution in [0.5, 0.6) is 0 Å². The first kappa shape index (κ1) is 17.2. The van der Waals surface area contributed by atoms with Crippen LogP contribution in [0, 0.1) is 0 Å². The predicted octanol–water partition coefficient (Wildman–Crippen LogP) is 4.72. The van der Waals surface area contributed by atoms with Crippen molar-refractivity contribution in [1.82, 2.24) is 9.66 Å². The van der Waals surface area contributed by atoms with Gasteiger partial charge in [-0.05, 0) is 31.2 Å². The fourth-order valence-corrected chi connectivity index (χ4v) is 3.39. The molecule has 0 aliphatic rings. The molecule has 6 heteroatoms. The zero-order valence-electron chi connectivity index (χ0n) is 14.9. The van der Waals surface area contributed by atoms with Crippen molar-refractivity contribution in [3.63, 3.8) is 0 Å². The number of nitrogens with zero attached hydrogens (tertiary/aromatic N) is 4. The first-order valence-electron chi connectivity index (χ1n) is 8.50. The number of benzene rings is 1. The topological polar surface area (TPSA) is 55.7 Å². The van der Waals surface area contributed by atoms with Crippen LogP contribution in [0.25, 0.3) is 22.4 Å². The monoisotopic (exact) mass is 374 g/mol. The molecule has 4 rings (SSSR count). The van der Waals surface area contributed by atoms with E-state index in [4.69, 9.17) is 4.42 Å². The van der Waals surface area contributed by atoms with Crippen molar-refractivity contribution in [3.8, 4) is 11.5 Å². The molecule has 27 heavy (non-hydrogen) atoms. The quantitative estimate of drug-likeness (QED) is 0.375. The van der Waals surface area contributed by atoms with Crippen LogP contribution in [0.2, 0.25) is 0 Å². The Bertz CT molecular complexity index is 1150. The first-order valence-corrected chi connectivity index (χ1v) is 9.38. The number of thiazole rings is 1. The van der Waals surface area contributed by atoms with E-state index in [2.05, 4.69) is 21.7 Å². The largest absolute Gasteiger partial charge is 0.454 e. The third-order valence-electron chi connectivity index (χ3n) is 3.84. The van der Waals surface area contributed by atoms with E-state index < -0.39 is 0 Å². The van der Waals surface area contributed by atoms with Crippen LogP contribution in [0.15, 0.2) is 86.8 Å². The highest BCUT2D eigenvalue weighted by molar-refractivity contribution is 7.07. The average molecular weight is 374 g/mol. The zero-order valence-corrected chi connectivity index (χ0v) is 15.7. The van der Waals surface area contributed by atoms with Crippen molar-refractivity contribution < 1.29 is 4.42 Å². The zero-order chi connectivity index (χ0) is 18.6. The second kappa shape index (κ2) is 7.55. The van der Waals surface area contributed by atoms with Crippen LogP contribution >= 0.6 is 11.3 Å². The minimum absolute atomic E-state index is 0.555. The van der Waals surface area contributed by atoms with Crippen LogP contribution in [-0.2, 0) is 0 Å². The van der Waals surface area contributed by atoms with Gasteiger partial charge in [-0.2, -0.15) is 5.10 Å². The van der Waals surface area contributed by atoms with Crippen LogP contribution in [0.3, 0.4) is 0 Å². The number of pyridine rings is 1. The molecule has 0 fully saturated rings. The maximum absolute atomic E-state index is 6.02. The van der Waals surface area contributed by atoms with Crippen LogP contribution in [-0.4, -0.2) is 22.4 Å². The minimum Gasteiger partial charge on any atom is -0.454 e. The van der Waals surface area contributed by atoms with E-state index in [1.165, 1.54) is 11.3 Å². The Balaban J connectivity index is 1.82. The van der Waals surface area contributed by atoms with Crippen molar-refractivity contribution in [3.05, 3.63) is 82.8 Å². The van der Waals surface area contributed by atoms with E-state index in [1.807, 2.05) is 60.8 Å². The number of rotatable bonds is 5. The molecule has 0 aliphatic carbocycles. The number of furan rings is 1. The summed E-state index contributed by atoms with van der Waals surface area (Å²) >= 11 is 1.52. The first-order chi connectivity index (χ1) is 13.2. The van der Waals surface area contributed by atoms with E-state index in [0.29, 0.717) is 6.54 Å². The van der Waals surface area contributed by atoms with Crippen LogP contribution < -0.4 is 4.80 Å². The van der Waals surface area contributed by atoms with Crippen LogP contribution in [0.1, 0.15) is 12.6 Å². The number of hydrogen-bond acceptors (Lipinski definition) is 5.